The molecule has 5 rings (SSSR count). The molecule has 34 heavy (non-hydrogen) atoms. The fourth-order valence-corrected chi connectivity index (χ4v) is 6.60. The Labute approximate surface area is 211 Å². The Morgan fingerprint density at radius 2 is 1.82 bits per heavy atom. The number of fused-ring (bicyclic) bond motifs is 2. The molecule has 1 amide bonds. The van der Waals surface area contributed by atoms with Crippen molar-refractivity contribution in [3.8, 4) is 11.3 Å². The van der Waals surface area contributed by atoms with E-state index in [1.54, 1.807) is 6.07 Å². The van der Waals surface area contributed by atoms with Crippen molar-refractivity contribution in [1.82, 2.24) is 15.1 Å². The Morgan fingerprint density at radius 1 is 1.09 bits per heavy atom. The zero-order valence-corrected chi connectivity index (χ0v) is 21.7. The monoisotopic (exact) mass is 495 g/mol. The first-order chi connectivity index (χ1) is 16.1. The first-order valence-corrected chi connectivity index (χ1v) is 12.7. The smallest absolute Gasteiger partial charge is 0.272 e. The van der Waals surface area contributed by atoms with E-state index in [-0.39, 0.29) is 22.8 Å². The van der Waals surface area contributed by atoms with Crippen molar-refractivity contribution < 1.29 is 4.79 Å². The SMILES string of the molecule is Cc1ccc(-c2cc(C(=O)NC3C(C)(C)C4CC[C@]3(C)C4)nn2Cc2ccc(Cl)c(Cl)c2)cc1. The molecule has 1 aromatic heterocycles. The van der Waals surface area contributed by atoms with Crippen molar-refractivity contribution in [3.63, 3.8) is 0 Å². The van der Waals surface area contributed by atoms with Gasteiger partial charge in [-0.1, -0.05) is 79.9 Å². The number of aromatic nitrogens is 2. The van der Waals surface area contributed by atoms with Gasteiger partial charge in [0.1, 0.15) is 0 Å². The molecule has 0 saturated heterocycles. The van der Waals surface area contributed by atoms with Crippen LogP contribution in [0.5, 0.6) is 0 Å². The van der Waals surface area contributed by atoms with Gasteiger partial charge in [0.2, 0.25) is 0 Å². The molecule has 3 aromatic rings. The van der Waals surface area contributed by atoms with E-state index in [0.29, 0.717) is 28.2 Å². The highest BCUT2D eigenvalue weighted by atomic mass is 35.5. The number of aryl methyl sites for hydroxylation is 1. The van der Waals surface area contributed by atoms with Gasteiger partial charge in [-0.15, -0.1) is 0 Å². The molecular formula is C28H31Cl2N3O. The summed E-state index contributed by atoms with van der Waals surface area (Å²) in [7, 11) is 0. The minimum absolute atomic E-state index is 0.0884. The lowest BCUT2D eigenvalue weighted by Crippen LogP contribution is -2.52. The molecule has 2 aromatic carbocycles. The Hall–Kier alpha value is -2.30. The van der Waals surface area contributed by atoms with Gasteiger partial charge in [-0.3, -0.25) is 9.48 Å². The highest BCUT2D eigenvalue weighted by Gasteiger charge is 2.59. The highest BCUT2D eigenvalue weighted by molar-refractivity contribution is 6.42. The molecule has 2 fully saturated rings. The van der Waals surface area contributed by atoms with E-state index in [9.17, 15) is 4.79 Å². The highest BCUT2D eigenvalue weighted by Crippen LogP contribution is 2.62. The number of carbonyl (C=O) groups is 1. The van der Waals surface area contributed by atoms with Gasteiger partial charge in [0, 0.05) is 6.04 Å². The van der Waals surface area contributed by atoms with Crippen LogP contribution in [-0.4, -0.2) is 21.7 Å². The number of hydrogen-bond acceptors (Lipinski definition) is 2. The number of nitrogens with zero attached hydrogens (tertiary/aromatic N) is 2. The van der Waals surface area contributed by atoms with Gasteiger partial charge >= 0.3 is 0 Å². The number of rotatable bonds is 5. The molecule has 1 N–H and O–H groups in total. The van der Waals surface area contributed by atoms with Crippen LogP contribution >= 0.6 is 23.2 Å². The zero-order valence-electron chi connectivity index (χ0n) is 20.2. The summed E-state index contributed by atoms with van der Waals surface area (Å²) in [4.78, 5) is 13.5. The third kappa shape index (κ3) is 4.05. The zero-order chi connectivity index (χ0) is 24.3. The van der Waals surface area contributed by atoms with E-state index in [0.717, 1.165) is 16.8 Å². The standard InChI is InChI=1S/C28H31Cl2N3O/c1-17-5-8-19(9-6-17)24-14-23(32-33(24)16-18-7-10-21(29)22(30)13-18)25(34)31-26-27(2,3)20-11-12-28(26,4)15-20/h5-10,13-14,20,26H,11-12,15-16H2,1-4H3,(H,31,34)/t20?,26?,28-/m1/s1. The lowest BCUT2D eigenvalue weighted by atomic mass is 9.68. The quantitative estimate of drug-likeness (QED) is 0.408. The number of carbonyl (C=O) groups excluding carboxylic acids is 1. The summed E-state index contributed by atoms with van der Waals surface area (Å²) in [5, 5.41) is 9.17. The Morgan fingerprint density at radius 3 is 2.47 bits per heavy atom. The van der Waals surface area contributed by atoms with Crippen molar-refractivity contribution in [2.45, 2.75) is 59.5 Å². The van der Waals surface area contributed by atoms with Gasteiger partial charge in [0.25, 0.3) is 5.91 Å². The molecule has 178 valence electrons. The van der Waals surface area contributed by atoms with Gasteiger partial charge in [-0.2, -0.15) is 5.10 Å². The predicted molar refractivity (Wildman–Crippen MR) is 138 cm³/mol. The van der Waals surface area contributed by atoms with Crippen LogP contribution in [-0.2, 0) is 6.54 Å². The second-order valence-electron chi connectivity index (χ2n) is 11.0. The van der Waals surface area contributed by atoms with Crippen LogP contribution in [0, 0.1) is 23.7 Å². The Bertz CT molecular complexity index is 1240. The molecule has 2 bridgehead atoms. The lowest BCUT2D eigenvalue weighted by Gasteiger charge is -2.42. The van der Waals surface area contributed by atoms with E-state index >= 15 is 0 Å². The minimum atomic E-state index is -0.104. The average molecular weight is 496 g/mol. The van der Waals surface area contributed by atoms with E-state index in [4.69, 9.17) is 28.3 Å². The summed E-state index contributed by atoms with van der Waals surface area (Å²) in [5.41, 5.74) is 4.76. The molecule has 0 aliphatic heterocycles. The third-order valence-electron chi connectivity index (χ3n) is 8.22. The Balaban J connectivity index is 1.48. The van der Waals surface area contributed by atoms with Gasteiger partial charge in [0.05, 0.1) is 22.3 Å². The first-order valence-electron chi connectivity index (χ1n) is 12.0. The van der Waals surface area contributed by atoms with Crippen LogP contribution < -0.4 is 5.32 Å². The summed E-state index contributed by atoms with van der Waals surface area (Å²) < 4.78 is 1.88. The molecular weight excluding hydrogens is 465 g/mol. The first kappa shape index (κ1) is 23.4. The summed E-state index contributed by atoms with van der Waals surface area (Å²) in [6.45, 7) is 9.48. The van der Waals surface area contributed by atoms with Gasteiger partial charge in [-0.25, -0.2) is 0 Å². The maximum atomic E-state index is 13.5. The van der Waals surface area contributed by atoms with Gasteiger partial charge in [-0.05, 0) is 72.3 Å². The fraction of sp³-hybridized carbons (Fsp3) is 0.429. The molecule has 0 spiro atoms. The van der Waals surface area contributed by atoms with Gasteiger partial charge < -0.3 is 5.32 Å². The average Bonchev–Trinajstić information content (AvgIpc) is 3.44. The maximum Gasteiger partial charge on any atom is 0.272 e. The van der Waals surface area contributed by atoms with Crippen LogP contribution in [0.3, 0.4) is 0 Å². The molecule has 3 atom stereocenters. The number of halogens is 2. The van der Waals surface area contributed by atoms with Crippen molar-refractivity contribution in [3.05, 3.63) is 75.4 Å². The second-order valence-corrected chi connectivity index (χ2v) is 11.8. The minimum Gasteiger partial charge on any atom is -0.347 e. The van der Waals surface area contributed by atoms with Crippen molar-refractivity contribution in [2.24, 2.45) is 16.7 Å². The maximum absolute atomic E-state index is 13.5. The summed E-state index contributed by atoms with van der Waals surface area (Å²) in [6.07, 6.45) is 3.61. The molecule has 2 unspecified atom stereocenters. The number of hydrogen-bond donors (Lipinski definition) is 1. The molecule has 1 heterocycles. The van der Waals surface area contributed by atoms with Crippen LogP contribution in [0.2, 0.25) is 10.0 Å². The number of benzene rings is 2. The van der Waals surface area contributed by atoms with Crippen LogP contribution in [0.1, 0.15) is 61.6 Å². The van der Waals surface area contributed by atoms with E-state index < -0.39 is 0 Å². The molecule has 2 aliphatic carbocycles. The molecule has 4 nitrogen and oxygen atoms in total. The van der Waals surface area contributed by atoms with E-state index in [1.807, 2.05) is 22.9 Å². The summed E-state index contributed by atoms with van der Waals surface area (Å²) in [6, 6.07) is 15.9. The summed E-state index contributed by atoms with van der Waals surface area (Å²) >= 11 is 12.4. The second kappa shape index (κ2) is 8.42. The molecule has 2 aliphatic rings. The van der Waals surface area contributed by atoms with Crippen LogP contribution in [0.15, 0.2) is 48.5 Å². The number of nitrogens with one attached hydrogen (secondary N) is 1. The molecule has 0 radical (unpaired) electrons. The van der Waals surface area contributed by atoms with Crippen molar-refractivity contribution >= 4 is 29.1 Å². The van der Waals surface area contributed by atoms with Crippen LogP contribution in [0.25, 0.3) is 11.3 Å². The molecule has 2 saturated carbocycles. The van der Waals surface area contributed by atoms with Crippen LogP contribution in [0.4, 0.5) is 0 Å². The Kier molecular flexibility index (Phi) is 5.81. The van der Waals surface area contributed by atoms with E-state index in [1.165, 1.54) is 24.8 Å². The van der Waals surface area contributed by atoms with Crippen molar-refractivity contribution in [1.29, 1.82) is 0 Å². The normalized spacial score (nSPS) is 25.0. The predicted octanol–water partition coefficient (Wildman–Crippen LogP) is 7.16. The van der Waals surface area contributed by atoms with Gasteiger partial charge in [0.15, 0.2) is 5.69 Å². The molecule has 6 heteroatoms. The lowest BCUT2D eigenvalue weighted by molar-refractivity contribution is 0.0732. The van der Waals surface area contributed by atoms with Crippen molar-refractivity contribution in [2.75, 3.05) is 0 Å². The number of amides is 1. The summed E-state index contributed by atoms with van der Waals surface area (Å²) in [5.74, 6) is 0.561. The fourth-order valence-electron chi connectivity index (χ4n) is 6.28. The topological polar surface area (TPSA) is 46.9 Å². The largest absolute Gasteiger partial charge is 0.347 e. The van der Waals surface area contributed by atoms with E-state index in [2.05, 4.69) is 57.3 Å². The third-order valence-corrected chi connectivity index (χ3v) is 8.96.